The first-order valence-corrected chi connectivity index (χ1v) is 11.4. The highest BCUT2D eigenvalue weighted by Crippen LogP contribution is 2.48. The Morgan fingerprint density at radius 1 is 1.03 bits per heavy atom. The molecule has 3 heteroatoms. The van der Waals surface area contributed by atoms with E-state index in [0.717, 1.165) is 45.3 Å². The zero-order valence-electron chi connectivity index (χ0n) is 17.4. The second kappa shape index (κ2) is 8.04. The number of aldehydes is 1. The molecule has 0 aliphatic carbocycles. The van der Waals surface area contributed by atoms with Crippen LogP contribution in [0.3, 0.4) is 0 Å². The van der Waals surface area contributed by atoms with Crippen molar-refractivity contribution in [1.29, 1.82) is 0 Å². The van der Waals surface area contributed by atoms with Gasteiger partial charge in [-0.3, -0.25) is 4.90 Å². The third-order valence-electron chi connectivity index (χ3n) is 7.77. The SMILES string of the molecule is CC[C@H]1CN2CCc3ccccc3[C@@H]2C(C=O)[C@@H]1C[C@H]1NCCc2ccccc21. The van der Waals surface area contributed by atoms with E-state index in [4.69, 9.17) is 0 Å². The van der Waals surface area contributed by atoms with Gasteiger partial charge in [-0.25, -0.2) is 0 Å². The summed E-state index contributed by atoms with van der Waals surface area (Å²) in [6, 6.07) is 18.3. The van der Waals surface area contributed by atoms with Crippen LogP contribution >= 0.6 is 0 Å². The van der Waals surface area contributed by atoms with Gasteiger partial charge in [0.05, 0.1) is 0 Å². The van der Waals surface area contributed by atoms with Crippen molar-refractivity contribution in [3.8, 4) is 0 Å². The molecule has 5 rings (SSSR count). The Labute approximate surface area is 174 Å². The number of nitrogens with zero attached hydrogens (tertiary/aromatic N) is 1. The first-order valence-electron chi connectivity index (χ1n) is 11.4. The minimum absolute atomic E-state index is 0.0750. The van der Waals surface area contributed by atoms with Crippen LogP contribution in [0.1, 0.15) is 54.1 Å². The molecular formula is C26H32N2O. The van der Waals surface area contributed by atoms with Gasteiger partial charge in [-0.15, -0.1) is 0 Å². The van der Waals surface area contributed by atoms with Crippen molar-refractivity contribution in [1.82, 2.24) is 10.2 Å². The highest BCUT2D eigenvalue weighted by Gasteiger charge is 2.46. The highest BCUT2D eigenvalue weighted by molar-refractivity contribution is 5.58. The average Bonchev–Trinajstić information content (AvgIpc) is 2.78. The number of carbonyl (C=O) groups is 1. The van der Waals surface area contributed by atoms with E-state index in [1.54, 1.807) is 0 Å². The molecule has 0 aromatic heterocycles. The molecule has 0 saturated carbocycles. The van der Waals surface area contributed by atoms with E-state index < -0.39 is 0 Å². The average molecular weight is 389 g/mol. The van der Waals surface area contributed by atoms with Gasteiger partial charge in [0, 0.05) is 31.1 Å². The zero-order valence-corrected chi connectivity index (χ0v) is 17.4. The molecule has 0 amide bonds. The van der Waals surface area contributed by atoms with Gasteiger partial charge in [-0.1, -0.05) is 61.9 Å². The van der Waals surface area contributed by atoms with Crippen molar-refractivity contribution >= 4 is 6.29 Å². The van der Waals surface area contributed by atoms with Crippen LogP contribution in [0.15, 0.2) is 48.5 Å². The molecule has 0 spiro atoms. The molecule has 2 aromatic rings. The lowest BCUT2D eigenvalue weighted by Gasteiger charge is -2.51. The fourth-order valence-electron chi connectivity index (χ4n) is 6.32. The van der Waals surface area contributed by atoms with Gasteiger partial charge in [0.2, 0.25) is 0 Å². The molecule has 5 atom stereocenters. The predicted octanol–water partition coefficient (Wildman–Crippen LogP) is 4.33. The van der Waals surface area contributed by atoms with Gasteiger partial charge in [-0.2, -0.15) is 0 Å². The van der Waals surface area contributed by atoms with Gasteiger partial charge in [0.25, 0.3) is 0 Å². The number of carbonyl (C=O) groups excluding carboxylic acids is 1. The van der Waals surface area contributed by atoms with Crippen molar-refractivity contribution in [2.45, 2.75) is 44.7 Å². The molecule has 0 bridgehead atoms. The van der Waals surface area contributed by atoms with Crippen molar-refractivity contribution in [2.75, 3.05) is 19.6 Å². The molecule has 3 aliphatic heterocycles. The van der Waals surface area contributed by atoms with Crippen LogP contribution in [0.2, 0.25) is 0 Å². The number of benzene rings is 2. The predicted molar refractivity (Wildman–Crippen MR) is 117 cm³/mol. The maximum Gasteiger partial charge on any atom is 0.125 e. The van der Waals surface area contributed by atoms with Crippen LogP contribution in [0.4, 0.5) is 0 Å². The maximum atomic E-state index is 12.5. The van der Waals surface area contributed by atoms with E-state index in [2.05, 4.69) is 65.7 Å². The monoisotopic (exact) mass is 388 g/mol. The second-order valence-electron chi connectivity index (χ2n) is 9.13. The molecule has 29 heavy (non-hydrogen) atoms. The summed E-state index contributed by atoms with van der Waals surface area (Å²) in [5, 5.41) is 3.77. The normalized spacial score (nSPS) is 31.4. The summed E-state index contributed by atoms with van der Waals surface area (Å²) in [5.41, 5.74) is 5.76. The molecule has 1 unspecified atom stereocenters. The minimum atomic E-state index is 0.0750. The molecule has 1 N–H and O–H groups in total. The van der Waals surface area contributed by atoms with E-state index in [9.17, 15) is 4.79 Å². The first kappa shape index (κ1) is 19.0. The quantitative estimate of drug-likeness (QED) is 0.791. The molecule has 3 heterocycles. The smallest absolute Gasteiger partial charge is 0.125 e. The number of hydrogen-bond acceptors (Lipinski definition) is 3. The lowest BCUT2D eigenvalue weighted by atomic mass is 9.66. The Bertz CT molecular complexity index is 879. The molecule has 152 valence electrons. The van der Waals surface area contributed by atoms with Crippen molar-refractivity contribution in [3.05, 3.63) is 70.8 Å². The molecule has 2 aromatic carbocycles. The van der Waals surface area contributed by atoms with E-state index in [0.29, 0.717) is 17.9 Å². The van der Waals surface area contributed by atoms with Gasteiger partial charge >= 0.3 is 0 Å². The van der Waals surface area contributed by atoms with Crippen molar-refractivity contribution in [2.24, 2.45) is 17.8 Å². The van der Waals surface area contributed by atoms with Gasteiger partial charge in [0.15, 0.2) is 0 Å². The highest BCUT2D eigenvalue weighted by atomic mass is 16.1. The fraction of sp³-hybridized carbons (Fsp3) is 0.500. The van der Waals surface area contributed by atoms with E-state index in [1.807, 2.05) is 0 Å². The van der Waals surface area contributed by atoms with E-state index in [1.165, 1.54) is 28.5 Å². The van der Waals surface area contributed by atoms with Crippen molar-refractivity contribution in [3.63, 3.8) is 0 Å². The van der Waals surface area contributed by atoms with E-state index >= 15 is 0 Å². The van der Waals surface area contributed by atoms with Crippen LogP contribution in [0.25, 0.3) is 0 Å². The van der Waals surface area contributed by atoms with Crippen LogP contribution in [0, 0.1) is 17.8 Å². The summed E-state index contributed by atoms with van der Waals surface area (Å²) in [4.78, 5) is 15.1. The molecule has 0 radical (unpaired) electrons. The summed E-state index contributed by atoms with van der Waals surface area (Å²) in [6.45, 7) is 5.55. The molecule has 3 nitrogen and oxygen atoms in total. The Hall–Kier alpha value is -1.97. The lowest BCUT2D eigenvalue weighted by Crippen LogP contribution is -2.52. The van der Waals surface area contributed by atoms with Crippen molar-refractivity contribution < 1.29 is 4.79 Å². The standard InChI is InChI=1S/C26H32N2O/c1-2-18-16-28-14-12-20-8-4-6-10-22(20)26(28)24(17-29)23(18)15-25-21-9-5-3-7-19(21)11-13-27-25/h3-10,17-18,23-27H,2,11-16H2,1H3/t18-,23+,24?,25+,26+/m0/s1. The van der Waals surface area contributed by atoms with Crippen LogP contribution in [-0.4, -0.2) is 30.8 Å². The topological polar surface area (TPSA) is 32.3 Å². The number of hydrogen-bond donors (Lipinski definition) is 1. The van der Waals surface area contributed by atoms with E-state index in [-0.39, 0.29) is 12.0 Å². The molecule has 1 fully saturated rings. The van der Waals surface area contributed by atoms with Crippen LogP contribution < -0.4 is 5.32 Å². The summed E-state index contributed by atoms with van der Waals surface area (Å²) in [5.74, 6) is 1.09. The fourth-order valence-corrected chi connectivity index (χ4v) is 6.32. The Morgan fingerprint density at radius 3 is 2.52 bits per heavy atom. The molecule has 1 saturated heterocycles. The third kappa shape index (κ3) is 3.35. The zero-order chi connectivity index (χ0) is 19.8. The maximum absolute atomic E-state index is 12.5. The van der Waals surface area contributed by atoms with Gasteiger partial charge in [0.1, 0.15) is 6.29 Å². The number of rotatable bonds is 4. The van der Waals surface area contributed by atoms with Gasteiger partial charge in [-0.05, 0) is 59.9 Å². The minimum Gasteiger partial charge on any atom is -0.310 e. The Kier molecular flexibility index (Phi) is 5.28. The summed E-state index contributed by atoms with van der Waals surface area (Å²) in [7, 11) is 0. The lowest BCUT2D eigenvalue weighted by molar-refractivity contribution is -0.120. The summed E-state index contributed by atoms with van der Waals surface area (Å²) >= 11 is 0. The second-order valence-corrected chi connectivity index (χ2v) is 9.13. The molecular weight excluding hydrogens is 356 g/mol. The Balaban J connectivity index is 1.48. The Morgan fingerprint density at radius 2 is 1.76 bits per heavy atom. The number of fused-ring (bicyclic) bond motifs is 4. The number of nitrogens with one attached hydrogen (secondary N) is 1. The molecule has 3 aliphatic rings. The van der Waals surface area contributed by atoms with Crippen LogP contribution in [-0.2, 0) is 17.6 Å². The number of piperidine rings is 1. The third-order valence-corrected chi connectivity index (χ3v) is 7.77. The van der Waals surface area contributed by atoms with Crippen LogP contribution in [0.5, 0.6) is 0 Å². The summed E-state index contributed by atoms with van der Waals surface area (Å²) < 4.78 is 0. The first-order chi connectivity index (χ1) is 14.3. The summed E-state index contributed by atoms with van der Waals surface area (Å²) in [6.07, 6.45) is 5.72. The van der Waals surface area contributed by atoms with Gasteiger partial charge < -0.3 is 10.1 Å². The largest absolute Gasteiger partial charge is 0.310 e.